The molecule has 0 atom stereocenters. The van der Waals surface area contributed by atoms with Crippen LogP contribution in [-0.4, -0.2) is 35.8 Å². The summed E-state index contributed by atoms with van der Waals surface area (Å²) in [5.74, 6) is -1.07. The van der Waals surface area contributed by atoms with Gasteiger partial charge in [0.25, 0.3) is 5.91 Å². The first-order valence-electron chi connectivity index (χ1n) is 11.0. The number of hydrogen-bond acceptors (Lipinski definition) is 6. The highest BCUT2D eigenvalue weighted by Gasteiger charge is 2.32. The van der Waals surface area contributed by atoms with E-state index in [1.54, 1.807) is 48.5 Å². The third-order valence-electron chi connectivity index (χ3n) is 5.29. The third kappa shape index (κ3) is 6.40. The lowest BCUT2D eigenvalue weighted by molar-refractivity contribution is -0.114. The maximum Gasteiger partial charge on any atom is 0.337 e. The first-order valence-corrected chi connectivity index (χ1v) is 12.8. The molecular formula is C27H21Cl2N3O4S. The molecule has 3 aromatic rings. The van der Waals surface area contributed by atoms with E-state index in [0.29, 0.717) is 37.7 Å². The number of carbonyl (C=O) groups excluding carboxylic acids is 3. The molecule has 0 saturated carbocycles. The number of amidine groups is 1. The number of carbonyl (C=O) groups is 3. The smallest absolute Gasteiger partial charge is 0.337 e. The van der Waals surface area contributed by atoms with Gasteiger partial charge in [-0.25, -0.2) is 9.79 Å². The fraction of sp³-hybridized carbons (Fsp3) is 0.111. The SMILES string of the molecule is COC(=O)c1ccc(NC(=O)CSC2=N/C(=C\c3ccc(Cl)c(Cl)c3)C(=O)N2c2ccc(C)cc2)cc1. The number of benzene rings is 3. The number of nitrogens with zero attached hydrogens (tertiary/aromatic N) is 2. The molecule has 3 aromatic carbocycles. The van der Waals surface area contributed by atoms with Crippen molar-refractivity contribution in [3.63, 3.8) is 0 Å². The maximum absolute atomic E-state index is 13.3. The molecule has 1 aliphatic heterocycles. The Balaban J connectivity index is 1.53. The van der Waals surface area contributed by atoms with Gasteiger partial charge in [-0.05, 0) is 67.1 Å². The molecule has 0 saturated heterocycles. The minimum atomic E-state index is -0.460. The number of methoxy groups -OCH3 is 1. The van der Waals surface area contributed by atoms with Crippen LogP contribution in [-0.2, 0) is 14.3 Å². The minimum Gasteiger partial charge on any atom is -0.465 e. The molecule has 2 amide bonds. The Bertz CT molecular complexity index is 1420. The van der Waals surface area contributed by atoms with Crippen LogP contribution in [0.3, 0.4) is 0 Å². The van der Waals surface area contributed by atoms with E-state index in [9.17, 15) is 14.4 Å². The van der Waals surface area contributed by atoms with E-state index in [1.165, 1.54) is 12.0 Å². The van der Waals surface area contributed by atoms with Crippen LogP contribution in [0, 0.1) is 6.92 Å². The van der Waals surface area contributed by atoms with E-state index >= 15 is 0 Å². The number of thioether (sulfide) groups is 1. The summed E-state index contributed by atoms with van der Waals surface area (Å²) in [6.45, 7) is 1.96. The molecule has 10 heteroatoms. The van der Waals surface area contributed by atoms with Crippen LogP contribution in [0.5, 0.6) is 0 Å². The van der Waals surface area contributed by atoms with Gasteiger partial charge in [-0.3, -0.25) is 14.5 Å². The number of esters is 1. The van der Waals surface area contributed by atoms with Crippen LogP contribution in [0.25, 0.3) is 6.08 Å². The van der Waals surface area contributed by atoms with E-state index in [2.05, 4.69) is 15.0 Å². The Morgan fingerprint density at radius 1 is 1.03 bits per heavy atom. The molecule has 1 aliphatic rings. The van der Waals surface area contributed by atoms with Gasteiger partial charge in [-0.1, -0.05) is 58.7 Å². The highest BCUT2D eigenvalue weighted by molar-refractivity contribution is 8.14. The predicted octanol–water partition coefficient (Wildman–Crippen LogP) is 6.20. The molecule has 0 spiro atoms. The van der Waals surface area contributed by atoms with Crippen LogP contribution in [0.2, 0.25) is 10.0 Å². The Kier molecular flexibility index (Phi) is 8.33. The van der Waals surface area contributed by atoms with Crippen molar-refractivity contribution in [2.75, 3.05) is 23.1 Å². The topological polar surface area (TPSA) is 88.1 Å². The molecule has 1 N–H and O–H groups in total. The summed E-state index contributed by atoms with van der Waals surface area (Å²) in [7, 11) is 1.30. The molecule has 1 heterocycles. The summed E-state index contributed by atoms with van der Waals surface area (Å²) in [5, 5.41) is 3.92. The number of anilines is 2. The second-order valence-electron chi connectivity index (χ2n) is 7.98. The van der Waals surface area contributed by atoms with Crippen LogP contribution in [0.4, 0.5) is 11.4 Å². The van der Waals surface area contributed by atoms with Crippen molar-refractivity contribution in [2.24, 2.45) is 4.99 Å². The third-order valence-corrected chi connectivity index (χ3v) is 6.97. The molecule has 4 rings (SSSR count). The largest absolute Gasteiger partial charge is 0.465 e. The summed E-state index contributed by atoms with van der Waals surface area (Å²) in [6.07, 6.45) is 1.63. The number of ether oxygens (including phenoxy) is 1. The van der Waals surface area contributed by atoms with Crippen molar-refractivity contribution in [2.45, 2.75) is 6.92 Å². The number of rotatable bonds is 6. The van der Waals surface area contributed by atoms with Crippen molar-refractivity contribution >= 4 is 75.4 Å². The molecule has 0 radical (unpaired) electrons. The Morgan fingerprint density at radius 2 is 1.73 bits per heavy atom. The molecule has 0 bridgehead atoms. The van der Waals surface area contributed by atoms with Gasteiger partial charge in [0, 0.05) is 5.69 Å². The van der Waals surface area contributed by atoms with E-state index in [1.807, 2.05) is 31.2 Å². The predicted molar refractivity (Wildman–Crippen MR) is 149 cm³/mol. The Hall–Kier alpha value is -3.59. The molecule has 0 unspecified atom stereocenters. The van der Waals surface area contributed by atoms with E-state index in [4.69, 9.17) is 23.2 Å². The first kappa shape index (κ1) is 26.5. The Labute approximate surface area is 228 Å². The summed E-state index contributed by atoms with van der Waals surface area (Å²) >= 11 is 13.3. The van der Waals surface area contributed by atoms with Crippen molar-refractivity contribution in [3.05, 3.63) is 99.2 Å². The average Bonchev–Trinajstić information content (AvgIpc) is 3.20. The zero-order chi connectivity index (χ0) is 26.5. The first-order chi connectivity index (χ1) is 17.7. The van der Waals surface area contributed by atoms with Gasteiger partial charge in [0.15, 0.2) is 5.17 Å². The van der Waals surface area contributed by atoms with Gasteiger partial charge in [0.1, 0.15) is 5.70 Å². The quantitative estimate of drug-likeness (QED) is 0.290. The van der Waals surface area contributed by atoms with Crippen molar-refractivity contribution in [1.82, 2.24) is 0 Å². The summed E-state index contributed by atoms with van der Waals surface area (Å²) < 4.78 is 4.68. The van der Waals surface area contributed by atoms with E-state index < -0.39 is 5.97 Å². The molecule has 0 fully saturated rings. The standard InChI is InChI=1S/C27H21Cl2N3O4S/c1-16-3-10-20(11-4-16)32-25(34)23(14-17-5-12-21(28)22(29)13-17)31-27(32)37-15-24(33)30-19-8-6-18(7-9-19)26(35)36-2/h3-14H,15H2,1-2H3,(H,30,33)/b23-14-. The van der Waals surface area contributed by atoms with Crippen LogP contribution >= 0.6 is 35.0 Å². The van der Waals surface area contributed by atoms with Gasteiger partial charge < -0.3 is 10.1 Å². The van der Waals surface area contributed by atoms with Gasteiger partial charge in [-0.15, -0.1) is 0 Å². The monoisotopic (exact) mass is 553 g/mol. The normalized spacial score (nSPS) is 14.1. The van der Waals surface area contributed by atoms with Crippen LogP contribution in [0.1, 0.15) is 21.5 Å². The number of aryl methyl sites for hydroxylation is 1. The van der Waals surface area contributed by atoms with Gasteiger partial charge >= 0.3 is 5.97 Å². The fourth-order valence-corrected chi connectivity index (χ4v) is 4.53. The second kappa shape index (κ2) is 11.6. The minimum absolute atomic E-state index is 0.00722. The highest BCUT2D eigenvalue weighted by Crippen LogP contribution is 2.31. The summed E-state index contributed by atoms with van der Waals surface area (Å²) in [5.41, 5.74) is 3.47. The lowest BCUT2D eigenvalue weighted by atomic mass is 10.2. The van der Waals surface area contributed by atoms with E-state index in [-0.39, 0.29) is 23.3 Å². The number of amides is 2. The molecule has 37 heavy (non-hydrogen) atoms. The number of aliphatic imine (C=N–C) groups is 1. The number of nitrogens with one attached hydrogen (secondary N) is 1. The summed E-state index contributed by atoms with van der Waals surface area (Å²) in [4.78, 5) is 43.6. The van der Waals surface area contributed by atoms with Gasteiger partial charge in [0.2, 0.25) is 5.91 Å². The summed E-state index contributed by atoms with van der Waals surface area (Å²) in [6, 6.07) is 18.8. The fourth-order valence-electron chi connectivity index (χ4n) is 3.41. The maximum atomic E-state index is 13.3. The second-order valence-corrected chi connectivity index (χ2v) is 9.74. The zero-order valence-corrected chi connectivity index (χ0v) is 22.2. The van der Waals surface area contributed by atoms with Crippen molar-refractivity contribution < 1.29 is 19.1 Å². The lowest BCUT2D eigenvalue weighted by Gasteiger charge is -2.18. The number of hydrogen-bond donors (Lipinski definition) is 1. The van der Waals surface area contributed by atoms with Crippen LogP contribution in [0.15, 0.2) is 77.4 Å². The Morgan fingerprint density at radius 3 is 2.38 bits per heavy atom. The zero-order valence-electron chi connectivity index (χ0n) is 19.8. The lowest BCUT2D eigenvalue weighted by Crippen LogP contribution is -2.31. The van der Waals surface area contributed by atoms with E-state index in [0.717, 1.165) is 17.3 Å². The van der Waals surface area contributed by atoms with Crippen LogP contribution < -0.4 is 10.2 Å². The highest BCUT2D eigenvalue weighted by atomic mass is 35.5. The molecule has 0 aliphatic carbocycles. The van der Waals surface area contributed by atoms with Gasteiger partial charge in [-0.2, -0.15) is 0 Å². The van der Waals surface area contributed by atoms with Gasteiger partial charge in [0.05, 0.1) is 34.2 Å². The number of halogens is 2. The van der Waals surface area contributed by atoms with Crippen molar-refractivity contribution in [1.29, 1.82) is 0 Å². The van der Waals surface area contributed by atoms with Crippen molar-refractivity contribution in [3.8, 4) is 0 Å². The molecule has 188 valence electrons. The molecule has 0 aromatic heterocycles. The molecular weight excluding hydrogens is 533 g/mol. The molecule has 7 nitrogen and oxygen atoms in total. The average molecular weight is 554 g/mol.